The van der Waals surface area contributed by atoms with Gasteiger partial charge in [-0.3, -0.25) is 0 Å². The van der Waals surface area contributed by atoms with Crippen molar-refractivity contribution >= 4 is 17.2 Å². The van der Waals surface area contributed by atoms with Gasteiger partial charge in [-0.25, -0.2) is 0 Å². The van der Waals surface area contributed by atoms with Gasteiger partial charge in [0.05, 0.1) is 37.9 Å². The van der Waals surface area contributed by atoms with Gasteiger partial charge >= 0.3 is 17.2 Å². The predicted octanol–water partition coefficient (Wildman–Crippen LogP) is 3.52. The zero-order chi connectivity index (χ0) is 13.8. The van der Waals surface area contributed by atoms with Crippen molar-refractivity contribution in [3.63, 3.8) is 0 Å². The first-order chi connectivity index (χ1) is 9.80. The van der Waals surface area contributed by atoms with Gasteiger partial charge in [-0.2, -0.15) is 0 Å². The lowest BCUT2D eigenvalue weighted by Gasteiger charge is -2.42. The summed E-state index contributed by atoms with van der Waals surface area (Å²) in [6.45, 7) is 2.24. The first-order valence-corrected chi connectivity index (χ1v) is 9.32. The maximum Gasteiger partial charge on any atom is 0.332 e. The number of hydrogen-bond acceptors (Lipinski definition) is 6. The molecule has 2 saturated heterocycles. The lowest BCUT2D eigenvalue weighted by Crippen LogP contribution is -2.44. The molecule has 2 aliphatic heterocycles. The van der Waals surface area contributed by atoms with Crippen LogP contribution in [0.5, 0.6) is 0 Å². The molecule has 2 heterocycles. The minimum Gasteiger partial charge on any atom is -0.316 e. The Morgan fingerprint density at radius 3 is 1.95 bits per heavy atom. The average Bonchev–Trinajstić information content (AvgIpc) is 2.52. The second-order valence-corrected chi connectivity index (χ2v) is 8.09. The highest BCUT2D eigenvalue weighted by Gasteiger charge is 2.44. The van der Waals surface area contributed by atoms with Crippen LogP contribution in [0.4, 0.5) is 0 Å². The van der Waals surface area contributed by atoms with Crippen molar-refractivity contribution in [2.75, 3.05) is 33.5 Å². The minimum absolute atomic E-state index is 0.202. The molecule has 0 unspecified atom stereocenters. The van der Waals surface area contributed by atoms with Crippen LogP contribution in [-0.2, 0) is 27.1 Å². The summed E-state index contributed by atoms with van der Waals surface area (Å²) in [5, 5.41) is 0. The van der Waals surface area contributed by atoms with Crippen LogP contribution >= 0.6 is 17.2 Å². The van der Waals surface area contributed by atoms with Crippen molar-refractivity contribution < 1.29 is 27.1 Å². The van der Waals surface area contributed by atoms with Crippen LogP contribution in [0, 0.1) is 5.41 Å². The zero-order valence-electron chi connectivity index (χ0n) is 11.8. The molecule has 8 heteroatoms. The van der Waals surface area contributed by atoms with E-state index in [-0.39, 0.29) is 5.41 Å². The molecule has 0 radical (unpaired) electrons. The van der Waals surface area contributed by atoms with E-state index in [0.29, 0.717) is 32.5 Å². The predicted molar refractivity (Wildman–Crippen MR) is 75.0 cm³/mol. The fourth-order valence-electron chi connectivity index (χ4n) is 2.54. The van der Waals surface area contributed by atoms with Crippen molar-refractivity contribution in [2.24, 2.45) is 5.41 Å². The van der Waals surface area contributed by atoms with Crippen molar-refractivity contribution in [1.82, 2.24) is 0 Å². The third-order valence-corrected chi connectivity index (χ3v) is 5.97. The molecule has 0 N–H and O–H groups in total. The van der Waals surface area contributed by atoms with E-state index in [1.807, 2.05) is 0 Å². The summed E-state index contributed by atoms with van der Waals surface area (Å²) in [7, 11) is -0.787. The van der Waals surface area contributed by atoms with Gasteiger partial charge in [0.1, 0.15) is 0 Å². The van der Waals surface area contributed by atoms with E-state index in [1.165, 1.54) is 19.3 Å². The highest BCUT2D eigenvalue weighted by molar-refractivity contribution is 7.42. The number of rotatable bonds is 3. The molecule has 6 nitrogen and oxygen atoms in total. The Morgan fingerprint density at radius 1 is 0.850 bits per heavy atom. The molecule has 3 aliphatic rings. The Hall–Kier alpha value is 0.620. The monoisotopic (exact) mass is 324 g/mol. The smallest absolute Gasteiger partial charge is 0.316 e. The maximum absolute atomic E-state index is 5.93. The fraction of sp³-hybridized carbons (Fsp3) is 1.00. The summed E-state index contributed by atoms with van der Waals surface area (Å²) >= 11 is 0. The van der Waals surface area contributed by atoms with Gasteiger partial charge in [0, 0.05) is 7.11 Å². The summed E-state index contributed by atoms with van der Waals surface area (Å²) in [6.07, 6.45) is 6.38. The summed E-state index contributed by atoms with van der Waals surface area (Å²) in [5.74, 6) is 0. The van der Waals surface area contributed by atoms with Gasteiger partial charge < -0.3 is 27.1 Å². The highest BCUT2D eigenvalue weighted by Crippen LogP contribution is 2.53. The summed E-state index contributed by atoms with van der Waals surface area (Å²) in [6, 6.07) is 0. The van der Waals surface area contributed by atoms with Crippen LogP contribution in [0.15, 0.2) is 0 Å². The molecule has 0 aromatic carbocycles. The van der Waals surface area contributed by atoms with Gasteiger partial charge in [0.15, 0.2) is 0 Å². The van der Waals surface area contributed by atoms with E-state index in [9.17, 15) is 0 Å². The maximum atomic E-state index is 5.93. The molecule has 0 aromatic heterocycles. The molecular weight excluding hydrogens is 302 g/mol. The Kier molecular flexibility index (Phi) is 5.63. The molecule has 0 atom stereocenters. The molecule has 1 spiro atoms. The van der Waals surface area contributed by atoms with Gasteiger partial charge in [0.2, 0.25) is 0 Å². The molecule has 116 valence electrons. The van der Waals surface area contributed by atoms with Crippen LogP contribution in [0.25, 0.3) is 0 Å². The molecular formula is C12H22O6P2. The van der Waals surface area contributed by atoms with Crippen molar-refractivity contribution in [1.29, 1.82) is 0 Å². The van der Waals surface area contributed by atoms with E-state index in [4.69, 9.17) is 27.1 Å². The lowest BCUT2D eigenvalue weighted by atomic mass is 9.93. The third-order valence-electron chi connectivity index (χ3n) is 3.84. The van der Waals surface area contributed by atoms with Crippen LogP contribution in [-0.4, -0.2) is 39.6 Å². The molecule has 3 rings (SSSR count). The quantitative estimate of drug-likeness (QED) is 0.741. The topological polar surface area (TPSA) is 55.4 Å². The summed E-state index contributed by atoms with van der Waals surface area (Å²) < 4.78 is 33.6. The molecule has 0 amide bonds. The second kappa shape index (κ2) is 7.26. The number of hydrogen-bond donors (Lipinski definition) is 0. The van der Waals surface area contributed by atoms with Crippen LogP contribution in [0.2, 0.25) is 0 Å². The van der Waals surface area contributed by atoms with E-state index < -0.39 is 17.2 Å². The molecule has 1 saturated carbocycles. The SMILES string of the molecule is COP1OCC2(CO1)COP(OC1CCCCC1)OC2. The minimum atomic E-state index is -1.20. The van der Waals surface area contributed by atoms with Crippen molar-refractivity contribution in [2.45, 2.75) is 38.2 Å². The van der Waals surface area contributed by atoms with E-state index >= 15 is 0 Å². The molecule has 0 aromatic rings. The average molecular weight is 324 g/mol. The van der Waals surface area contributed by atoms with E-state index in [2.05, 4.69) is 0 Å². The molecule has 3 fully saturated rings. The van der Waals surface area contributed by atoms with Crippen molar-refractivity contribution in [3.8, 4) is 0 Å². The Balaban J connectivity index is 1.42. The normalized spacial score (nSPS) is 40.0. The van der Waals surface area contributed by atoms with Gasteiger partial charge in [-0.15, -0.1) is 0 Å². The summed E-state index contributed by atoms with van der Waals surface area (Å²) in [4.78, 5) is 0. The first-order valence-electron chi connectivity index (χ1n) is 7.12. The molecule has 20 heavy (non-hydrogen) atoms. The standard InChI is InChI=1S/C12H22O6P2/c1-13-19-14-7-12(8-15-19)9-16-20(17-10-12)18-11-5-3-2-4-6-11/h11H,2-10H2,1H3. The first kappa shape index (κ1) is 15.5. The van der Waals surface area contributed by atoms with E-state index in [0.717, 1.165) is 12.8 Å². The van der Waals surface area contributed by atoms with Gasteiger partial charge in [-0.1, -0.05) is 19.3 Å². The zero-order valence-corrected chi connectivity index (χ0v) is 13.6. The second-order valence-electron chi connectivity index (χ2n) is 5.59. The van der Waals surface area contributed by atoms with Gasteiger partial charge in [0.25, 0.3) is 0 Å². The van der Waals surface area contributed by atoms with Crippen LogP contribution < -0.4 is 0 Å². The van der Waals surface area contributed by atoms with Crippen molar-refractivity contribution in [3.05, 3.63) is 0 Å². The van der Waals surface area contributed by atoms with Gasteiger partial charge in [-0.05, 0) is 12.8 Å². The summed E-state index contributed by atoms with van der Waals surface area (Å²) in [5.41, 5.74) is -0.202. The van der Waals surface area contributed by atoms with E-state index in [1.54, 1.807) is 7.11 Å². The van der Waals surface area contributed by atoms with Crippen LogP contribution in [0.3, 0.4) is 0 Å². The van der Waals surface area contributed by atoms with Crippen LogP contribution in [0.1, 0.15) is 32.1 Å². The Morgan fingerprint density at radius 2 is 1.40 bits per heavy atom. The highest BCUT2D eigenvalue weighted by atomic mass is 31.2. The third kappa shape index (κ3) is 3.88. The fourth-order valence-corrected chi connectivity index (χ4v) is 4.99. The molecule has 0 bridgehead atoms. The lowest BCUT2D eigenvalue weighted by molar-refractivity contribution is -0.0785. The Labute approximate surface area is 122 Å². The Bertz CT molecular complexity index is 294. The molecule has 1 aliphatic carbocycles. The largest absolute Gasteiger partial charge is 0.332 e.